The normalized spacial score (nSPS) is 16.9. The number of rotatable bonds is 7. The Morgan fingerprint density at radius 1 is 1.14 bits per heavy atom. The molecule has 0 spiro atoms. The highest BCUT2D eigenvalue weighted by molar-refractivity contribution is 5.91. The van der Waals surface area contributed by atoms with Gasteiger partial charge in [0.05, 0.1) is 28.4 Å². The molecule has 1 amide bonds. The summed E-state index contributed by atoms with van der Waals surface area (Å²) in [5, 5.41) is 0.278. The van der Waals surface area contributed by atoms with Crippen LogP contribution in [0.4, 0.5) is 14.6 Å². The summed E-state index contributed by atoms with van der Waals surface area (Å²) in [6, 6.07) is 7.14. The molecule has 0 N–H and O–H groups in total. The van der Waals surface area contributed by atoms with Crippen molar-refractivity contribution in [1.82, 2.24) is 24.4 Å². The van der Waals surface area contributed by atoms with Crippen molar-refractivity contribution in [2.24, 2.45) is 0 Å². The van der Waals surface area contributed by atoms with E-state index in [-0.39, 0.29) is 57.8 Å². The van der Waals surface area contributed by atoms with Gasteiger partial charge in [-0.1, -0.05) is 26.5 Å². The molecule has 1 aliphatic heterocycles. The fourth-order valence-corrected chi connectivity index (χ4v) is 5.79. The predicted octanol–water partition coefficient (Wildman–Crippen LogP) is 5.32. The highest BCUT2D eigenvalue weighted by Crippen LogP contribution is 2.39. The van der Waals surface area contributed by atoms with E-state index in [1.54, 1.807) is 23.2 Å². The number of carbonyl (C=O) groups excluding carboxylic acids is 1. The molecular weight excluding hydrogens is 566 g/mol. The summed E-state index contributed by atoms with van der Waals surface area (Å²) in [6.07, 6.45) is 4.55. The van der Waals surface area contributed by atoms with Crippen molar-refractivity contribution in [3.63, 3.8) is 0 Å². The zero-order valence-electron chi connectivity index (χ0n) is 25.2. The van der Waals surface area contributed by atoms with E-state index in [9.17, 15) is 9.59 Å². The quantitative estimate of drug-likeness (QED) is 0.265. The number of nitrogens with zero attached hydrogens (tertiary/aromatic N) is 6. The SMILES string of the molecule is C=CC(=O)N1CCN(c2nc(=O)n(-c3c(C)ccnc3C(C)C)c3nc(-c4c(F)cccc4OC4CC4)c(F)cc23)[C@@H](C)C1. The van der Waals surface area contributed by atoms with E-state index >= 15 is 8.78 Å². The first-order chi connectivity index (χ1) is 21.1. The summed E-state index contributed by atoms with van der Waals surface area (Å²) in [7, 11) is 0. The number of hydrogen-bond donors (Lipinski definition) is 0. The second-order valence-electron chi connectivity index (χ2n) is 11.7. The third-order valence-electron chi connectivity index (χ3n) is 8.14. The summed E-state index contributed by atoms with van der Waals surface area (Å²) in [5.41, 5.74) is 1.01. The minimum Gasteiger partial charge on any atom is -0.490 e. The Balaban J connectivity index is 1.63. The molecule has 6 rings (SSSR count). The van der Waals surface area contributed by atoms with E-state index in [2.05, 4.69) is 16.5 Å². The van der Waals surface area contributed by atoms with Gasteiger partial charge >= 0.3 is 5.69 Å². The van der Waals surface area contributed by atoms with Gasteiger partial charge in [-0.05, 0) is 68.5 Å². The van der Waals surface area contributed by atoms with E-state index in [1.165, 1.54) is 28.8 Å². The maximum atomic E-state index is 16.2. The van der Waals surface area contributed by atoms with E-state index in [0.29, 0.717) is 31.0 Å². The van der Waals surface area contributed by atoms with E-state index in [4.69, 9.17) is 9.72 Å². The van der Waals surface area contributed by atoms with Crippen LogP contribution in [-0.4, -0.2) is 62.1 Å². The maximum Gasteiger partial charge on any atom is 0.355 e. The number of ether oxygens (including phenoxy) is 1. The van der Waals surface area contributed by atoms with Gasteiger partial charge in [0.25, 0.3) is 0 Å². The van der Waals surface area contributed by atoms with Crippen LogP contribution in [0.25, 0.3) is 28.0 Å². The van der Waals surface area contributed by atoms with Crippen LogP contribution in [0.5, 0.6) is 5.75 Å². The van der Waals surface area contributed by atoms with Crippen molar-refractivity contribution in [3.05, 3.63) is 82.6 Å². The Morgan fingerprint density at radius 2 is 1.91 bits per heavy atom. The summed E-state index contributed by atoms with van der Waals surface area (Å²) in [6.45, 7) is 12.3. The molecule has 228 valence electrons. The van der Waals surface area contributed by atoms with Gasteiger partial charge in [0.1, 0.15) is 23.1 Å². The minimum atomic E-state index is -0.781. The summed E-state index contributed by atoms with van der Waals surface area (Å²) < 4.78 is 39.0. The molecule has 1 aromatic carbocycles. The fourth-order valence-electron chi connectivity index (χ4n) is 5.79. The number of hydrogen-bond acceptors (Lipinski definition) is 7. The van der Waals surface area contributed by atoms with E-state index in [0.717, 1.165) is 18.4 Å². The number of anilines is 1. The number of benzene rings is 1. The van der Waals surface area contributed by atoms with Gasteiger partial charge in [-0.25, -0.2) is 23.1 Å². The minimum absolute atomic E-state index is 0.0622. The first-order valence-electron chi connectivity index (χ1n) is 14.8. The number of fused-ring (bicyclic) bond motifs is 1. The third-order valence-corrected chi connectivity index (χ3v) is 8.14. The Morgan fingerprint density at radius 3 is 2.59 bits per heavy atom. The smallest absolute Gasteiger partial charge is 0.355 e. The van der Waals surface area contributed by atoms with Crippen molar-refractivity contribution in [2.75, 3.05) is 24.5 Å². The molecule has 4 aromatic rings. The zero-order chi connectivity index (χ0) is 31.3. The van der Waals surface area contributed by atoms with Crippen LogP contribution in [0.2, 0.25) is 0 Å². The van der Waals surface area contributed by atoms with E-state index in [1.807, 2.05) is 32.6 Å². The standard InChI is InChI=1S/C33H34F2N6O3/c1-6-26(42)39-14-15-40(20(5)17-39)31-22-16-24(35)29(27-23(34)8-7-9-25(27)44-21-10-11-21)37-32(22)41(33(43)38-31)30-19(4)12-13-36-28(30)18(2)3/h6-9,12-13,16,18,20-21H,1,10-11,14-15,17H2,2-5H3/t20-/m0/s1. The molecule has 1 saturated carbocycles. The van der Waals surface area contributed by atoms with Crippen LogP contribution in [0, 0.1) is 18.6 Å². The van der Waals surface area contributed by atoms with Crippen molar-refractivity contribution >= 4 is 22.8 Å². The van der Waals surface area contributed by atoms with E-state index < -0.39 is 17.3 Å². The fraction of sp³-hybridized carbons (Fsp3) is 0.364. The molecule has 1 aliphatic carbocycles. The number of amides is 1. The molecule has 44 heavy (non-hydrogen) atoms. The van der Waals surface area contributed by atoms with Crippen LogP contribution in [0.1, 0.15) is 50.8 Å². The molecule has 2 fully saturated rings. The molecular formula is C33H34F2N6O3. The summed E-state index contributed by atoms with van der Waals surface area (Å²) in [4.78, 5) is 43.7. The lowest BCUT2D eigenvalue weighted by molar-refractivity contribution is -0.126. The van der Waals surface area contributed by atoms with Crippen LogP contribution >= 0.6 is 0 Å². The first kappa shape index (κ1) is 29.4. The van der Waals surface area contributed by atoms with Gasteiger partial charge in [0.2, 0.25) is 5.91 Å². The number of aromatic nitrogens is 4. The molecule has 0 unspecified atom stereocenters. The average Bonchev–Trinajstić information content (AvgIpc) is 3.81. The van der Waals surface area contributed by atoms with Crippen LogP contribution < -0.4 is 15.3 Å². The lowest BCUT2D eigenvalue weighted by Gasteiger charge is -2.40. The molecule has 11 heteroatoms. The molecule has 0 bridgehead atoms. The van der Waals surface area contributed by atoms with Crippen LogP contribution in [0.15, 0.2) is 54.0 Å². The number of halogens is 2. The second kappa shape index (κ2) is 11.4. The van der Waals surface area contributed by atoms with Crippen molar-refractivity contribution in [3.8, 4) is 22.7 Å². The molecule has 9 nitrogen and oxygen atoms in total. The molecule has 1 saturated heterocycles. The number of aryl methyl sites for hydroxylation is 1. The average molecular weight is 601 g/mol. The van der Waals surface area contributed by atoms with Gasteiger partial charge in [-0.2, -0.15) is 4.98 Å². The zero-order valence-corrected chi connectivity index (χ0v) is 25.2. The summed E-state index contributed by atoms with van der Waals surface area (Å²) >= 11 is 0. The number of piperazine rings is 1. The molecule has 4 heterocycles. The van der Waals surface area contributed by atoms with Crippen LogP contribution in [0.3, 0.4) is 0 Å². The van der Waals surface area contributed by atoms with Crippen molar-refractivity contribution in [2.45, 2.75) is 58.6 Å². The van der Waals surface area contributed by atoms with Crippen LogP contribution in [-0.2, 0) is 4.79 Å². The van der Waals surface area contributed by atoms with Gasteiger partial charge in [-0.15, -0.1) is 0 Å². The third kappa shape index (κ3) is 5.20. The highest BCUT2D eigenvalue weighted by atomic mass is 19.1. The number of pyridine rings is 2. The molecule has 0 radical (unpaired) electrons. The Hall–Kier alpha value is -4.67. The Labute approximate surface area is 253 Å². The molecule has 1 atom stereocenters. The second-order valence-corrected chi connectivity index (χ2v) is 11.7. The van der Waals surface area contributed by atoms with Gasteiger partial charge < -0.3 is 14.5 Å². The van der Waals surface area contributed by atoms with Gasteiger partial charge in [-0.3, -0.25) is 9.78 Å². The lowest BCUT2D eigenvalue weighted by atomic mass is 10.0. The topological polar surface area (TPSA) is 93.5 Å². The van der Waals surface area contributed by atoms with Gasteiger partial charge in [0, 0.05) is 31.9 Å². The molecule has 2 aliphatic rings. The monoisotopic (exact) mass is 600 g/mol. The van der Waals surface area contributed by atoms with Crippen molar-refractivity contribution < 1.29 is 18.3 Å². The largest absolute Gasteiger partial charge is 0.490 e. The van der Waals surface area contributed by atoms with Gasteiger partial charge in [0.15, 0.2) is 11.5 Å². The Bertz CT molecular complexity index is 1850. The number of carbonyl (C=O) groups is 1. The lowest BCUT2D eigenvalue weighted by Crippen LogP contribution is -2.54. The van der Waals surface area contributed by atoms with Crippen molar-refractivity contribution in [1.29, 1.82) is 0 Å². The highest BCUT2D eigenvalue weighted by Gasteiger charge is 2.32. The summed E-state index contributed by atoms with van der Waals surface area (Å²) in [5.74, 6) is -1.28. The maximum absolute atomic E-state index is 16.2. The first-order valence-corrected chi connectivity index (χ1v) is 14.8. The molecule has 3 aromatic heterocycles. The predicted molar refractivity (Wildman–Crippen MR) is 164 cm³/mol. The Kier molecular flexibility index (Phi) is 7.65.